The summed E-state index contributed by atoms with van der Waals surface area (Å²) < 4.78 is 2.15. The number of piperidine rings is 1. The Balaban J connectivity index is 1.34. The molecule has 1 aliphatic rings. The molecule has 0 amide bonds. The maximum absolute atomic E-state index is 4.73. The Morgan fingerprint density at radius 2 is 1.45 bits per heavy atom. The third-order valence-corrected chi connectivity index (χ3v) is 6.54. The number of hydrogen-bond acceptors (Lipinski definition) is 3. The van der Waals surface area contributed by atoms with Gasteiger partial charge in [0.05, 0.1) is 17.6 Å². The highest BCUT2D eigenvalue weighted by Gasteiger charge is 2.13. The largest absolute Gasteiger partial charge is 0.372 e. The molecule has 0 bridgehead atoms. The van der Waals surface area contributed by atoms with Gasteiger partial charge in [0.1, 0.15) is 5.65 Å². The third-order valence-electron chi connectivity index (χ3n) is 6.54. The summed E-state index contributed by atoms with van der Waals surface area (Å²) in [6.07, 6.45) is 9.87. The summed E-state index contributed by atoms with van der Waals surface area (Å²) in [7, 11) is 0. The van der Waals surface area contributed by atoms with Crippen LogP contribution in [-0.4, -0.2) is 27.5 Å². The molecule has 0 N–H and O–H groups in total. The summed E-state index contributed by atoms with van der Waals surface area (Å²) in [5.74, 6) is 0. The number of fused-ring (bicyclic) bond motifs is 1. The van der Waals surface area contributed by atoms with Crippen LogP contribution >= 0.6 is 0 Å². The lowest BCUT2D eigenvalue weighted by Crippen LogP contribution is -2.29. The lowest BCUT2D eigenvalue weighted by Gasteiger charge is -2.29. The number of imidazole rings is 1. The number of pyridine rings is 2. The van der Waals surface area contributed by atoms with Crippen LogP contribution in [0.1, 0.15) is 19.3 Å². The molecular formula is C29H26N4. The van der Waals surface area contributed by atoms with E-state index in [1.165, 1.54) is 36.1 Å². The molecule has 0 saturated carbocycles. The van der Waals surface area contributed by atoms with Crippen LogP contribution in [0.15, 0.2) is 97.5 Å². The number of anilines is 1. The van der Waals surface area contributed by atoms with Crippen LogP contribution < -0.4 is 4.90 Å². The van der Waals surface area contributed by atoms with E-state index in [0.29, 0.717) is 0 Å². The molecule has 1 aliphatic heterocycles. The van der Waals surface area contributed by atoms with Crippen molar-refractivity contribution in [1.82, 2.24) is 14.4 Å². The van der Waals surface area contributed by atoms with E-state index >= 15 is 0 Å². The molecule has 4 heterocycles. The fourth-order valence-corrected chi connectivity index (χ4v) is 4.76. The molecule has 4 nitrogen and oxygen atoms in total. The van der Waals surface area contributed by atoms with Gasteiger partial charge >= 0.3 is 0 Å². The van der Waals surface area contributed by atoms with E-state index in [1.54, 1.807) is 0 Å². The van der Waals surface area contributed by atoms with E-state index in [9.17, 15) is 0 Å². The summed E-state index contributed by atoms with van der Waals surface area (Å²) in [5, 5.41) is 0. The Labute approximate surface area is 194 Å². The average Bonchev–Trinajstić information content (AvgIpc) is 3.33. The zero-order valence-electron chi connectivity index (χ0n) is 18.6. The lowest BCUT2D eigenvalue weighted by atomic mass is 10.0. The second-order valence-corrected chi connectivity index (χ2v) is 8.68. The number of rotatable bonds is 4. The SMILES string of the molecule is c1ccc(-c2cc(-c3cnc4cc(-c5cccc(N6CCCCC6)c5)ccn34)ccn2)cc1. The Morgan fingerprint density at radius 3 is 2.33 bits per heavy atom. The van der Waals surface area contributed by atoms with Crippen molar-refractivity contribution in [3.05, 3.63) is 97.5 Å². The molecule has 0 unspecified atom stereocenters. The zero-order valence-corrected chi connectivity index (χ0v) is 18.6. The van der Waals surface area contributed by atoms with Gasteiger partial charge in [0.15, 0.2) is 0 Å². The van der Waals surface area contributed by atoms with Crippen LogP contribution in [0.5, 0.6) is 0 Å². The molecule has 0 atom stereocenters. The van der Waals surface area contributed by atoms with Gasteiger partial charge in [0.2, 0.25) is 0 Å². The standard InChI is InChI=1S/C29H26N4/c1-3-8-22(9-4-1)27-19-25(12-14-30-27)28-21-31-29-20-24(13-17-33(28)29)23-10-7-11-26(18-23)32-15-5-2-6-16-32/h1,3-4,7-14,17-21H,2,5-6,15-16H2. The molecule has 4 heteroatoms. The highest BCUT2D eigenvalue weighted by molar-refractivity contribution is 5.74. The van der Waals surface area contributed by atoms with Crippen molar-refractivity contribution < 1.29 is 0 Å². The fraction of sp³-hybridized carbons (Fsp3) is 0.172. The molecule has 1 saturated heterocycles. The molecule has 2 aromatic carbocycles. The summed E-state index contributed by atoms with van der Waals surface area (Å²) in [6.45, 7) is 2.31. The first-order valence-corrected chi connectivity index (χ1v) is 11.7. The first-order valence-electron chi connectivity index (χ1n) is 11.7. The van der Waals surface area contributed by atoms with Gasteiger partial charge in [0, 0.05) is 42.3 Å². The van der Waals surface area contributed by atoms with Crippen LogP contribution in [-0.2, 0) is 0 Å². The zero-order chi connectivity index (χ0) is 22.0. The average molecular weight is 431 g/mol. The molecule has 0 radical (unpaired) electrons. The van der Waals surface area contributed by atoms with Crippen LogP contribution in [0.25, 0.3) is 39.3 Å². The predicted octanol–water partition coefficient (Wildman–Crippen LogP) is 6.72. The van der Waals surface area contributed by atoms with Gasteiger partial charge in [-0.2, -0.15) is 0 Å². The predicted molar refractivity (Wildman–Crippen MR) is 135 cm³/mol. The van der Waals surface area contributed by atoms with Gasteiger partial charge in [-0.15, -0.1) is 0 Å². The van der Waals surface area contributed by atoms with Crippen molar-refractivity contribution in [2.45, 2.75) is 19.3 Å². The lowest BCUT2D eigenvalue weighted by molar-refractivity contribution is 0.578. The minimum Gasteiger partial charge on any atom is -0.372 e. The van der Waals surface area contributed by atoms with Crippen molar-refractivity contribution in [2.75, 3.05) is 18.0 Å². The van der Waals surface area contributed by atoms with Crippen molar-refractivity contribution >= 4 is 11.3 Å². The Kier molecular flexibility index (Phi) is 5.11. The van der Waals surface area contributed by atoms with Gasteiger partial charge in [0.25, 0.3) is 0 Å². The molecule has 6 rings (SSSR count). The molecule has 5 aromatic rings. The van der Waals surface area contributed by atoms with Crippen molar-refractivity contribution in [1.29, 1.82) is 0 Å². The topological polar surface area (TPSA) is 33.4 Å². The minimum atomic E-state index is 0.948. The minimum absolute atomic E-state index is 0.948. The van der Waals surface area contributed by atoms with Gasteiger partial charge in [-0.05, 0) is 66.8 Å². The molecule has 0 spiro atoms. The Hall–Kier alpha value is -3.92. The van der Waals surface area contributed by atoms with E-state index in [1.807, 2.05) is 36.7 Å². The van der Waals surface area contributed by atoms with Crippen molar-refractivity contribution in [2.24, 2.45) is 0 Å². The molecule has 162 valence electrons. The molecule has 1 fully saturated rings. The van der Waals surface area contributed by atoms with Gasteiger partial charge in [-0.3, -0.25) is 9.38 Å². The molecule has 3 aromatic heterocycles. The summed E-state index contributed by atoms with van der Waals surface area (Å²) in [4.78, 5) is 11.8. The highest BCUT2D eigenvalue weighted by atomic mass is 15.1. The van der Waals surface area contributed by atoms with Crippen LogP contribution in [0.4, 0.5) is 5.69 Å². The van der Waals surface area contributed by atoms with Gasteiger partial charge in [-0.1, -0.05) is 42.5 Å². The number of aromatic nitrogens is 3. The Bertz CT molecular complexity index is 1400. The molecular weight excluding hydrogens is 404 g/mol. The van der Waals surface area contributed by atoms with Crippen LogP contribution in [0, 0.1) is 0 Å². The first-order chi connectivity index (χ1) is 16.3. The normalized spacial score (nSPS) is 14.0. The number of hydrogen-bond donors (Lipinski definition) is 0. The van der Waals surface area contributed by atoms with Crippen molar-refractivity contribution in [3.63, 3.8) is 0 Å². The highest BCUT2D eigenvalue weighted by Crippen LogP contribution is 2.30. The van der Waals surface area contributed by atoms with Crippen LogP contribution in [0.2, 0.25) is 0 Å². The second kappa shape index (κ2) is 8.55. The summed E-state index contributed by atoms with van der Waals surface area (Å²) in [5.41, 5.74) is 8.96. The maximum Gasteiger partial charge on any atom is 0.137 e. The van der Waals surface area contributed by atoms with E-state index in [-0.39, 0.29) is 0 Å². The Morgan fingerprint density at radius 1 is 0.636 bits per heavy atom. The van der Waals surface area contributed by atoms with Crippen molar-refractivity contribution in [3.8, 4) is 33.6 Å². The monoisotopic (exact) mass is 430 g/mol. The molecule has 33 heavy (non-hydrogen) atoms. The number of benzene rings is 2. The quantitative estimate of drug-likeness (QED) is 0.317. The van der Waals surface area contributed by atoms with E-state index < -0.39 is 0 Å². The van der Waals surface area contributed by atoms with Crippen LogP contribution in [0.3, 0.4) is 0 Å². The van der Waals surface area contributed by atoms with E-state index in [2.05, 4.69) is 75.1 Å². The van der Waals surface area contributed by atoms with Gasteiger partial charge in [-0.25, -0.2) is 4.98 Å². The summed E-state index contributed by atoms with van der Waals surface area (Å²) in [6, 6.07) is 27.7. The van der Waals surface area contributed by atoms with E-state index in [0.717, 1.165) is 41.3 Å². The maximum atomic E-state index is 4.73. The van der Waals surface area contributed by atoms with E-state index in [4.69, 9.17) is 4.98 Å². The summed E-state index contributed by atoms with van der Waals surface area (Å²) >= 11 is 0. The van der Waals surface area contributed by atoms with Gasteiger partial charge < -0.3 is 4.90 Å². The third kappa shape index (κ3) is 3.89. The second-order valence-electron chi connectivity index (χ2n) is 8.68. The number of nitrogens with zero attached hydrogens (tertiary/aromatic N) is 4. The smallest absolute Gasteiger partial charge is 0.137 e. The first kappa shape index (κ1) is 19.7. The molecule has 0 aliphatic carbocycles. The fourth-order valence-electron chi connectivity index (χ4n) is 4.76.